The molecule has 3 N–H and O–H groups in total. The van der Waals surface area contributed by atoms with Crippen molar-refractivity contribution in [3.8, 4) is 0 Å². The molecule has 0 aromatic heterocycles. The molecule has 20 heavy (non-hydrogen) atoms. The minimum absolute atomic E-state index is 0.0339. The van der Waals surface area contributed by atoms with Gasteiger partial charge in [-0.3, -0.25) is 4.72 Å². The molecule has 1 atom stereocenters. The predicted octanol–water partition coefficient (Wildman–Crippen LogP) is 1.83. The Morgan fingerprint density at radius 2 is 1.70 bits per heavy atom. The number of amides is 2. The van der Waals surface area contributed by atoms with Gasteiger partial charge in [-0.05, 0) is 32.4 Å². The maximum absolute atomic E-state index is 11.7. The number of rotatable bonds is 5. The summed E-state index contributed by atoms with van der Waals surface area (Å²) in [7, 11) is -3.36. The monoisotopic (exact) mass is 299 g/mol. The summed E-state index contributed by atoms with van der Waals surface area (Å²) in [6.45, 7) is 5.52. The number of carbonyl (C=O) groups is 1. The van der Waals surface area contributed by atoms with Crippen molar-refractivity contribution >= 4 is 21.7 Å². The largest absolute Gasteiger partial charge is 0.336 e. The van der Waals surface area contributed by atoms with Crippen LogP contribution in [0.4, 0.5) is 10.5 Å². The van der Waals surface area contributed by atoms with Crippen LogP contribution in [0.15, 0.2) is 24.3 Å². The number of carbonyl (C=O) groups excluding carboxylic acids is 1. The average Bonchev–Trinajstić information content (AvgIpc) is 2.25. The smallest absolute Gasteiger partial charge is 0.315 e. The van der Waals surface area contributed by atoms with Crippen LogP contribution in [0.1, 0.15) is 32.4 Å². The molecule has 0 heterocycles. The van der Waals surface area contributed by atoms with E-state index in [0.717, 1.165) is 6.26 Å². The molecule has 2 amide bonds. The molecule has 0 bridgehead atoms. The van der Waals surface area contributed by atoms with E-state index in [4.69, 9.17) is 0 Å². The van der Waals surface area contributed by atoms with E-state index in [1.165, 1.54) is 0 Å². The number of benzene rings is 1. The van der Waals surface area contributed by atoms with Crippen molar-refractivity contribution in [2.24, 2.45) is 0 Å². The van der Waals surface area contributed by atoms with Gasteiger partial charge in [0.05, 0.1) is 18.0 Å². The van der Waals surface area contributed by atoms with E-state index in [1.54, 1.807) is 31.2 Å². The van der Waals surface area contributed by atoms with Gasteiger partial charge in [-0.15, -0.1) is 0 Å². The SMILES string of the molecule is CC(C)NC(=O)NC(C)c1ccccc1NS(C)(=O)=O. The zero-order valence-electron chi connectivity index (χ0n) is 12.1. The summed E-state index contributed by atoms with van der Waals surface area (Å²) in [5, 5.41) is 5.49. The summed E-state index contributed by atoms with van der Waals surface area (Å²) in [4.78, 5) is 11.7. The molecular formula is C13H21N3O3S. The second-order valence-corrected chi connectivity index (χ2v) is 6.70. The van der Waals surface area contributed by atoms with Crippen molar-refractivity contribution in [2.75, 3.05) is 11.0 Å². The number of anilines is 1. The zero-order valence-corrected chi connectivity index (χ0v) is 12.9. The highest BCUT2D eigenvalue weighted by molar-refractivity contribution is 7.92. The van der Waals surface area contributed by atoms with E-state index >= 15 is 0 Å². The van der Waals surface area contributed by atoms with Crippen LogP contribution in [0.3, 0.4) is 0 Å². The number of nitrogens with one attached hydrogen (secondary N) is 3. The van der Waals surface area contributed by atoms with Crippen LogP contribution in [0, 0.1) is 0 Å². The van der Waals surface area contributed by atoms with Crippen LogP contribution in [0.25, 0.3) is 0 Å². The Balaban J connectivity index is 2.87. The molecule has 1 rings (SSSR count). The first-order valence-corrected chi connectivity index (χ1v) is 8.22. The van der Waals surface area contributed by atoms with Crippen molar-refractivity contribution in [3.05, 3.63) is 29.8 Å². The normalized spacial score (nSPS) is 12.8. The summed E-state index contributed by atoms with van der Waals surface area (Å²) in [5.41, 5.74) is 1.17. The lowest BCUT2D eigenvalue weighted by Gasteiger charge is -2.19. The molecular weight excluding hydrogens is 278 g/mol. The fourth-order valence-corrected chi connectivity index (χ4v) is 2.33. The van der Waals surface area contributed by atoms with Gasteiger partial charge >= 0.3 is 6.03 Å². The number of para-hydroxylation sites is 1. The summed E-state index contributed by atoms with van der Waals surface area (Å²) in [6.07, 6.45) is 1.09. The molecule has 0 aliphatic rings. The highest BCUT2D eigenvalue weighted by atomic mass is 32.2. The zero-order chi connectivity index (χ0) is 15.3. The van der Waals surface area contributed by atoms with Gasteiger partial charge in [-0.1, -0.05) is 18.2 Å². The van der Waals surface area contributed by atoms with Crippen molar-refractivity contribution < 1.29 is 13.2 Å². The lowest BCUT2D eigenvalue weighted by Crippen LogP contribution is -2.40. The predicted molar refractivity (Wildman–Crippen MR) is 80.1 cm³/mol. The average molecular weight is 299 g/mol. The maximum atomic E-state index is 11.7. The lowest BCUT2D eigenvalue weighted by molar-refractivity contribution is 0.235. The maximum Gasteiger partial charge on any atom is 0.315 e. The molecule has 1 aromatic rings. The fraction of sp³-hybridized carbons (Fsp3) is 0.462. The summed E-state index contributed by atoms with van der Waals surface area (Å²) in [5.74, 6) is 0. The van der Waals surface area contributed by atoms with Gasteiger partial charge in [0.25, 0.3) is 0 Å². The van der Waals surface area contributed by atoms with Gasteiger partial charge in [0.2, 0.25) is 10.0 Å². The number of sulfonamides is 1. The molecule has 0 spiro atoms. The first kappa shape index (κ1) is 16.3. The topological polar surface area (TPSA) is 87.3 Å². The van der Waals surface area contributed by atoms with Crippen LogP contribution in [0.2, 0.25) is 0 Å². The molecule has 1 aromatic carbocycles. The van der Waals surface area contributed by atoms with Crippen LogP contribution in [-0.4, -0.2) is 26.7 Å². The number of urea groups is 1. The van der Waals surface area contributed by atoms with Gasteiger partial charge in [-0.25, -0.2) is 13.2 Å². The third-order valence-corrected chi connectivity index (χ3v) is 3.08. The molecule has 0 aliphatic carbocycles. The number of hydrogen-bond donors (Lipinski definition) is 3. The Hall–Kier alpha value is -1.76. The Labute approximate surface area is 120 Å². The van der Waals surface area contributed by atoms with E-state index in [1.807, 2.05) is 13.8 Å². The minimum Gasteiger partial charge on any atom is -0.336 e. The van der Waals surface area contributed by atoms with Gasteiger partial charge in [0.1, 0.15) is 0 Å². The molecule has 0 aliphatic heterocycles. The van der Waals surface area contributed by atoms with Crippen molar-refractivity contribution in [1.82, 2.24) is 10.6 Å². The van der Waals surface area contributed by atoms with Gasteiger partial charge < -0.3 is 10.6 Å². The van der Waals surface area contributed by atoms with Crippen LogP contribution in [-0.2, 0) is 10.0 Å². The summed E-state index contributed by atoms with van der Waals surface area (Å²) < 4.78 is 25.1. The van der Waals surface area contributed by atoms with Crippen LogP contribution < -0.4 is 15.4 Å². The highest BCUT2D eigenvalue weighted by Crippen LogP contribution is 2.23. The van der Waals surface area contributed by atoms with Gasteiger partial charge in [0, 0.05) is 6.04 Å². The third-order valence-electron chi connectivity index (χ3n) is 2.49. The van der Waals surface area contributed by atoms with Crippen molar-refractivity contribution in [1.29, 1.82) is 0 Å². The third kappa shape index (κ3) is 5.48. The second kappa shape index (κ2) is 6.60. The Morgan fingerprint density at radius 3 is 2.25 bits per heavy atom. The molecule has 1 unspecified atom stereocenters. The Bertz CT molecular complexity index is 570. The second-order valence-electron chi connectivity index (χ2n) is 4.96. The molecule has 7 heteroatoms. The standard InChI is InChI=1S/C13H21N3O3S/c1-9(2)14-13(17)15-10(3)11-7-5-6-8-12(11)16-20(4,18)19/h5-10,16H,1-4H3,(H2,14,15,17). The van der Waals surface area contributed by atoms with E-state index in [0.29, 0.717) is 11.3 Å². The highest BCUT2D eigenvalue weighted by Gasteiger charge is 2.15. The Morgan fingerprint density at radius 1 is 1.10 bits per heavy atom. The lowest BCUT2D eigenvalue weighted by atomic mass is 10.1. The number of hydrogen-bond acceptors (Lipinski definition) is 3. The van der Waals surface area contributed by atoms with Crippen molar-refractivity contribution in [2.45, 2.75) is 32.9 Å². The van der Waals surface area contributed by atoms with Gasteiger partial charge in [-0.2, -0.15) is 0 Å². The molecule has 0 radical (unpaired) electrons. The van der Waals surface area contributed by atoms with E-state index < -0.39 is 10.0 Å². The minimum atomic E-state index is -3.36. The molecule has 6 nitrogen and oxygen atoms in total. The van der Waals surface area contributed by atoms with E-state index in [2.05, 4.69) is 15.4 Å². The van der Waals surface area contributed by atoms with Crippen molar-refractivity contribution in [3.63, 3.8) is 0 Å². The molecule has 0 saturated heterocycles. The fourth-order valence-electron chi connectivity index (χ4n) is 1.75. The molecule has 112 valence electrons. The van der Waals surface area contributed by atoms with Gasteiger partial charge in [0.15, 0.2) is 0 Å². The molecule has 0 saturated carbocycles. The molecule has 0 fully saturated rings. The van der Waals surface area contributed by atoms with E-state index in [9.17, 15) is 13.2 Å². The quantitative estimate of drug-likeness (QED) is 0.775. The first-order valence-electron chi connectivity index (χ1n) is 6.33. The van der Waals surface area contributed by atoms with Crippen LogP contribution in [0.5, 0.6) is 0 Å². The Kier molecular flexibility index (Phi) is 5.38. The first-order chi connectivity index (χ1) is 9.19. The summed E-state index contributed by atoms with van der Waals surface area (Å²) >= 11 is 0. The van der Waals surface area contributed by atoms with E-state index in [-0.39, 0.29) is 18.1 Å². The summed E-state index contributed by atoms with van der Waals surface area (Å²) in [6, 6.07) is 6.38. The van der Waals surface area contributed by atoms with Crippen LogP contribution >= 0.6 is 0 Å².